The largest absolute Gasteiger partial charge is 0.493 e. The van der Waals surface area contributed by atoms with Crippen LogP contribution in [0.2, 0.25) is 0 Å². The van der Waals surface area contributed by atoms with Gasteiger partial charge < -0.3 is 14.8 Å². The molecule has 0 atom stereocenters. The zero-order valence-corrected chi connectivity index (χ0v) is 17.4. The molecule has 0 aliphatic rings. The minimum absolute atomic E-state index is 0.110. The molecule has 0 fully saturated rings. The van der Waals surface area contributed by atoms with E-state index < -0.39 is 0 Å². The highest BCUT2D eigenvalue weighted by molar-refractivity contribution is 5.95. The highest BCUT2D eigenvalue weighted by Crippen LogP contribution is 2.27. The van der Waals surface area contributed by atoms with E-state index in [1.807, 2.05) is 61.0 Å². The molecule has 0 aliphatic carbocycles. The lowest BCUT2D eigenvalue weighted by Crippen LogP contribution is -2.26. The first-order valence-corrected chi connectivity index (χ1v) is 9.70. The molecule has 3 aromatic rings. The van der Waals surface area contributed by atoms with E-state index in [4.69, 9.17) is 9.47 Å². The molecule has 1 aromatic heterocycles. The maximum Gasteiger partial charge on any atom is 0.254 e. The van der Waals surface area contributed by atoms with Gasteiger partial charge in [0.2, 0.25) is 0 Å². The third kappa shape index (κ3) is 4.59. The van der Waals surface area contributed by atoms with E-state index in [0.29, 0.717) is 36.4 Å². The van der Waals surface area contributed by atoms with Gasteiger partial charge in [-0.2, -0.15) is 5.10 Å². The fourth-order valence-corrected chi connectivity index (χ4v) is 3.26. The van der Waals surface area contributed by atoms with Gasteiger partial charge in [0.15, 0.2) is 11.5 Å². The number of aryl methyl sites for hydroxylation is 1. The van der Waals surface area contributed by atoms with Crippen LogP contribution in [-0.4, -0.2) is 36.5 Å². The van der Waals surface area contributed by atoms with Gasteiger partial charge in [0.1, 0.15) is 0 Å². The van der Waals surface area contributed by atoms with Crippen molar-refractivity contribution in [2.45, 2.75) is 26.7 Å². The minimum Gasteiger partial charge on any atom is -0.493 e. The summed E-state index contributed by atoms with van der Waals surface area (Å²) in [7, 11) is 3.22. The zero-order valence-electron chi connectivity index (χ0n) is 17.4. The van der Waals surface area contributed by atoms with Gasteiger partial charge in [-0.05, 0) is 49.6 Å². The van der Waals surface area contributed by atoms with Gasteiger partial charge in [0.25, 0.3) is 5.91 Å². The Balaban J connectivity index is 1.67. The normalized spacial score (nSPS) is 10.6. The van der Waals surface area contributed by atoms with Gasteiger partial charge in [-0.1, -0.05) is 30.7 Å². The van der Waals surface area contributed by atoms with Crippen LogP contribution in [0.15, 0.2) is 48.7 Å². The summed E-state index contributed by atoms with van der Waals surface area (Å²) < 4.78 is 12.4. The van der Waals surface area contributed by atoms with Gasteiger partial charge in [-0.15, -0.1) is 0 Å². The van der Waals surface area contributed by atoms with E-state index in [0.717, 1.165) is 16.9 Å². The number of hydrogen-bond acceptors (Lipinski definition) is 4. The maximum absolute atomic E-state index is 12.7. The first-order chi connectivity index (χ1) is 14.1. The molecule has 2 aromatic carbocycles. The highest BCUT2D eigenvalue weighted by atomic mass is 16.5. The van der Waals surface area contributed by atoms with Crippen molar-refractivity contribution in [2.75, 3.05) is 20.8 Å². The lowest BCUT2D eigenvalue weighted by Gasteiger charge is -2.11. The van der Waals surface area contributed by atoms with Crippen LogP contribution < -0.4 is 14.8 Å². The van der Waals surface area contributed by atoms with Gasteiger partial charge >= 0.3 is 0 Å². The van der Waals surface area contributed by atoms with Crippen molar-refractivity contribution in [2.24, 2.45) is 0 Å². The predicted octanol–water partition coefficient (Wildman–Crippen LogP) is 3.73. The number of rotatable bonds is 8. The van der Waals surface area contributed by atoms with Gasteiger partial charge in [-0.25, -0.2) is 4.68 Å². The van der Waals surface area contributed by atoms with Crippen LogP contribution in [0.1, 0.15) is 34.1 Å². The topological polar surface area (TPSA) is 65.4 Å². The molecule has 6 heteroatoms. The molecular weight excluding hydrogens is 366 g/mol. The van der Waals surface area contributed by atoms with Crippen molar-refractivity contribution in [1.29, 1.82) is 0 Å². The number of carbonyl (C=O) groups excluding carboxylic acids is 1. The monoisotopic (exact) mass is 393 g/mol. The molecular formula is C23H27N3O3. The fraction of sp³-hybridized carbons (Fsp3) is 0.304. The summed E-state index contributed by atoms with van der Waals surface area (Å²) in [5.41, 5.74) is 4.72. The van der Waals surface area contributed by atoms with Crippen molar-refractivity contribution in [3.8, 4) is 17.2 Å². The Morgan fingerprint density at radius 1 is 1.07 bits per heavy atom. The lowest BCUT2D eigenvalue weighted by molar-refractivity contribution is 0.0953. The zero-order chi connectivity index (χ0) is 20.8. The molecule has 3 rings (SSSR count). The van der Waals surface area contributed by atoms with Crippen LogP contribution in [0.25, 0.3) is 5.69 Å². The number of amides is 1. The van der Waals surface area contributed by atoms with E-state index in [9.17, 15) is 4.79 Å². The molecule has 1 heterocycles. The average molecular weight is 393 g/mol. The van der Waals surface area contributed by atoms with Crippen LogP contribution >= 0.6 is 0 Å². The lowest BCUT2D eigenvalue weighted by atomic mass is 10.1. The predicted molar refractivity (Wildman–Crippen MR) is 113 cm³/mol. The van der Waals surface area contributed by atoms with E-state index in [1.165, 1.54) is 5.56 Å². The Labute approximate surface area is 171 Å². The molecule has 6 nitrogen and oxygen atoms in total. The highest BCUT2D eigenvalue weighted by Gasteiger charge is 2.17. The molecule has 0 aliphatic heterocycles. The molecule has 1 amide bonds. The van der Waals surface area contributed by atoms with Crippen LogP contribution in [0.4, 0.5) is 0 Å². The molecule has 0 unspecified atom stereocenters. The quantitative estimate of drug-likeness (QED) is 0.633. The number of nitrogens with zero attached hydrogens (tertiary/aromatic N) is 2. The second-order valence-electron chi connectivity index (χ2n) is 6.80. The van der Waals surface area contributed by atoms with Gasteiger partial charge in [0.05, 0.1) is 37.4 Å². The summed E-state index contributed by atoms with van der Waals surface area (Å²) >= 11 is 0. The molecule has 0 radical (unpaired) electrons. The smallest absolute Gasteiger partial charge is 0.254 e. The number of ether oxygens (including phenoxy) is 2. The number of carbonyl (C=O) groups is 1. The molecule has 1 N–H and O–H groups in total. The summed E-state index contributed by atoms with van der Waals surface area (Å²) in [4.78, 5) is 12.7. The molecule has 0 spiro atoms. The van der Waals surface area contributed by atoms with E-state index in [-0.39, 0.29) is 5.91 Å². The van der Waals surface area contributed by atoms with Crippen LogP contribution in [-0.2, 0) is 12.8 Å². The second-order valence-corrected chi connectivity index (χ2v) is 6.80. The minimum atomic E-state index is -0.110. The molecule has 29 heavy (non-hydrogen) atoms. The molecule has 152 valence electrons. The molecule has 0 saturated carbocycles. The Hall–Kier alpha value is -3.28. The first-order valence-electron chi connectivity index (χ1n) is 9.70. The average Bonchev–Trinajstić information content (AvgIpc) is 3.18. The summed E-state index contributed by atoms with van der Waals surface area (Å²) in [5, 5.41) is 7.44. The van der Waals surface area contributed by atoms with E-state index in [1.54, 1.807) is 20.4 Å². The summed E-state index contributed by atoms with van der Waals surface area (Å²) in [6.45, 7) is 4.60. The number of nitrogens with one attached hydrogen (secondary N) is 1. The SMILES string of the molecule is CCc1c(C(=O)NCCc2ccc(OC)c(OC)c2)cnn1-c1ccc(C)cc1. The number of aromatic nitrogens is 2. The van der Waals surface area contributed by atoms with Crippen LogP contribution in [0.3, 0.4) is 0 Å². The van der Waals surface area contributed by atoms with Gasteiger partial charge in [0, 0.05) is 6.54 Å². The van der Waals surface area contributed by atoms with E-state index >= 15 is 0 Å². The number of benzene rings is 2. The Kier molecular flexibility index (Phi) is 6.54. The Bertz CT molecular complexity index is 978. The Morgan fingerprint density at radius 2 is 1.79 bits per heavy atom. The Morgan fingerprint density at radius 3 is 2.45 bits per heavy atom. The van der Waals surface area contributed by atoms with Crippen molar-refractivity contribution in [3.05, 3.63) is 71.0 Å². The first kappa shape index (κ1) is 20.5. The van der Waals surface area contributed by atoms with Crippen molar-refractivity contribution >= 4 is 5.91 Å². The third-order valence-electron chi connectivity index (χ3n) is 4.87. The van der Waals surface area contributed by atoms with Crippen LogP contribution in [0, 0.1) is 6.92 Å². The number of methoxy groups -OCH3 is 2. The summed E-state index contributed by atoms with van der Waals surface area (Å²) in [6, 6.07) is 13.9. The summed E-state index contributed by atoms with van der Waals surface area (Å²) in [6.07, 6.45) is 3.05. The van der Waals surface area contributed by atoms with E-state index in [2.05, 4.69) is 10.4 Å². The van der Waals surface area contributed by atoms with Crippen molar-refractivity contribution in [1.82, 2.24) is 15.1 Å². The van der Waals surface area contributed by atoms with Gasteiger partial charge in [-0.3, -0.25) is 4.79 Å². The standard InChI is InChI=1S/C23H27N3O3/c1-5-20-19(15-25-26(20)18-9-6-16(2)7-10-18)23(27)24-13-12-17-8-11-21(28-3)22(14-17)29-4/h6-11,14-15H,5,12-13H2,1-4H3,(H,24,27). The third-order valence-corrected chi connectivity index (χ3v) is 4.87. The van der Waals surface area contributed by atoms with Crippen LogP contribution in [0.5, 0.6) is 11.5 Å². The molecule has 0 saturated heterocycles. The van der Waals surface area contributed by atoms with Crippen molar-refractivity contribution in [3.63, 3.8) is 0 Å². The summed E-state index contributed by atoms with van der Waals surface area (Å²) in [5.74, 6) is 1.26. The van der Waals surface area contributed by atoms with Crippen molar-refractivity contribution < 1.29 is 14.3 Å². The maximum atomic E-state index is 12.7. The number of hydrogen-bond donors (Lipinski definition) is 1. The second kappa shape index (κ2) is 9.28. The fourth-order valence-electron chi connectivity index (χ4n) is 3.26. The molecule has 0 bridgehead atoms.